The number of carbonyl (C=O) groups excluding carboxylic acids is 8. The highest BCUT2D eigenvalue weighted by Crippen LogP contribution is 2.31. The Labute approximate surface area is 682 Å². The minimum Gasteiger partial charge on any atom is -0.459 e. The molecular weight excluding hydrogens is 1530 g/mol. The number of alkyl halides is 2. The Morgan fingerprint density at radius 1 is 0.331 bits per heavy atom. The maximum atomic E-state index is 14.7. The summed E-state index contributed by atoms with van der Waals surface area (Å²) in [4.78, 5) is 105. The number of halogens is 2. The zero-order valence-corrected chi connectivity index (χ0v) is 65.7. The molecule has 5 saturated heterocycles. The Morgan fingerprint density at radius 2 is 0.593 bits per heavy atom. The molecule has 0 radical (unpaired) electrons. The number of esters is 4. The number of likely N-dealkylation sites (tertiary alicyclic amines) is 4. The Kier molecular flexibility index (Phi) is 36.3. The molecule has 13 rings (SSSR count). The number of ether oxygens (including phenoxy) is 13. The normalized spacial score (nSPS) is 22.0. The molecule has 8 aromatic carbocycles. The molecule has 8 aromatic rings. The van der Waals surface area contributed by atoms with Crippen LogP contribution in [-0.2, 0) is 134 Å². The monoisotopic (exact) mass is 1630 g/mol. The molecule has 4 amide bonds. The second-order valence-corrected chi connectivity index (χ2v) is 27.4. The zero-order chi connectivity index (χ0) is 84.1. The van der Waals surface area contributed by atoms with E-state index in [0.29, 0.717) is 0 Å². The minimum absolute atomic E-state index is 0.00650. The average molecular weight is 1630 g/mol. The van der Waals surface area contributed by atoms with E-state index >= 15 is 0 Å². The first-order valence-corrected chi connectivity index (χ1v) is 38.1. The van der Waals surface area contributed by atoms with Crippen molar-refractivity contribution in [3.05, 3.63) is 287 Å². The highest BCUT2D eigenvalue weighted by molar-refractivity contribution is 5.86. The third kappa shape index (κ3) is 26.9. The quantitative estimate of drug-likeness (QED) is 0.0374. The number of hydrogen-bond acceptors (Lipinski definition) is 24. The predicted octanol–water partition coefficient (Wildman–Crippen LogP) is 10.6. The van der Waals surface area contributed by atoms with E-state index in [0.717, 1.165) is 83.6 Å². The SMILES string of the molecule is CO[C@@H]1CN(C(=O)OCc2ccccc2)[C@H](C(=O)OCc2ccccc2)[C@H]1F.CO[C@@H]1CN(C(=O)OCc2ccccc2)[C@H](C(=O)OCc2ccccc2)[C@H]1O.CO[C@H]1[C@@H](C(=O)OCc2ccccc2)N(C(=O)OCc2ccccc2)C[C@@H]1F.CO[C@H]1[C@@H](C(=O)OCc2ccccc2)N(C(=O)OCc2ccccc2)C[C@@H]1O.OC1CCCO1. The van der Waals surface area contributed by atoms with Gasteiger partial charge in [-0.05, 0) is 50.9 Å². The van der Waals surface area contributed by atoms with E-state index in [1.165, 1.54) is 28.4 Å². The number of carbonyl (C=O) groups is 8. The third-order valence-corrected chi connectivity index (χ3v) is 19.2. The Morgan fingerprint density at radius 3 is 0.873 bits per heavy atom. The zero-order valence-electron chi connectivity index (χ0n) is 65.7. The third-order valence-electron chi connectivity index (χ3n) is 19.2. The van der Waals surface area contributed by atoms with Crippen LogP contribution in [0.15, 0.2) is 243 Å². The van der Waals surface area contributed by atoms with Crippen molar-refractivity contribution in [1.29, 1.82) is 0 Å². The lowest BCUT2D eigenvalue weighted by Gasteiger charge is -2.25. The van der Waals surface area contributed by atoms with Crippen molar-refractivity contribution < 1.29 is 124 Å². The van der Waals surface area contributed by atoms with Gasteiger partial charge in [0.05, 0.1) is 26.2 Å². The van der Waals surface area contributed by atoms with Crippen molar-refractivity contribution >= 4 is 48.3 Å². The number of β-amino-alcohol motifs (C(OH)–C–C–N with tert-alkyl or cyclic N) is 1. The van der Waals surface area contributed by atoms with Gasteiger partial charge in [0.25, 0.3) is 0 Å². The number of aliphatic hydroxyl groups excluding tert-OH is 3. The molecule has 13 atom stereocenters. The summed E-state index contributed by atoms with van der Waals surface area (Å²) in [6.07, 6.45) is -10.6. The fraction of sp³-hybridized carbons (Fsp3) is 0.364. The maximum Gasteiger partial charge on any atom is 0.411 e. The van der Waals surface area contributed by atoms with Gasteiger partial charge in [0.1, 0.15) is 95.7 Å². The van der Waals surface area contributed by atoms with Crippen LogP contribution in [-0.4, -0.2) is 224 Å². The number of amides is 4. The molecule has 0 aliphatic carbocycles. The molecule has 28 nitrogen and oxygen atoms in total. The van der Waals surface area contributed by atoms with Crippen molar-refractivity contribution in [2.45, 2.75) is 145 Å². The summed E-state index contributed by atoms with van der Waals surface area (Å²) in [5.41, 5.74) is 6.41. The smallest absolute Gasteiger partial charge is 0.411 e. The van der Waals surface area contributed by atoms with Crippen molar-refractivity contribution in [3.63, 3.8) is 0 Å². The number of nitrogens with zero attached hydrogens (tertiary/aromatic N) is 4. The van der Waals surface area contributed by atoms with Crippen LogP contribution in [0.25, 0.3) is 0 Å². The van der Waals surface area contributed by atoms with Gasteiger partial charge < -0.3 is 76.9 Å². The second-order valence-electron chi connectivity index (χ2n) is 27.4. The number of hydrogen-bond donors (Lipinski definition) is 3. The molecule has 30 heteroatoms. The molecule has 118 heavy (non-hydrogen) atoms. The summed E-state index contributed by atoms with van der Waals surface area (Å²) in [5, 5.41) is 29.2. The molecule has 0 bridgehead atoms. The van der Waals surface area contributed by atoms with E-state index in [9.17, 15) is 57.4 Å². The summed E-state index contributed by atoms with van der Waals surface area (Å²) in [6.45, 7) is 0.633. The van der Waals surface area contributed by atoms with Crippen molar-refractivity contribution in [1.82, 2.24) is 19.6 Å². The summed E-state index contributed by atoms with van der Waals surface area (Å²) >= 11 is 0. The topological polar surface area (TPSA) is 330 Å². The van der Waals surface area contributed by atoms with Crippen LogP contribution in [0, 0.1) is 0 Å². The molecule has 3 N–H and O–H groups in total. The Bertz CT molecular complexity index is 3970. The molecular formula is C88H98F2N4O24. The first kappa shape index (κ1) is 90.2. The minimum atomic E-state index is -1.70. The molecule has 5 heterocycles. The van der Waals surface area contributed by atoms with Gasteiger partial charge in [-0.1, -0.05) is 243 Å². The van der Waals surface area contributed by atoms with Crippen molar-refractivity contribution in [3.8, 4) is 0 Å². The number of rotatable bonds is 24. The molecule has 1 unspecified atom stereocenters. The van der Waals surface area contributed by atoms with Gasteiger partial charge in [-0.15, -0.1) is 0 Å². The summed E-state index contributed by atoms with van der Waals surface area (Å²) in [7, 11) is 5.43. The number of methoxy groups -OCH3 is 4. The van der Waals surface area contributed by atoms with Gasteiger partial charge in [-0.25, -0.2) is 47.1 Å². The van der Waals surface area contributed by atoms with Gasteiger partial charge >= 0.3 is 48.3 Å². The summed E-state index contributed by atoms with van der Waals surface area (Å²) in [6, 6.07) is 68.3. The number of benzene rings is 8. The van der Waals surface area contributed by atoms with Crippen LogP contribution >= 0.6 is 0 Å². The highest BCUT2D eigenvalue weighted by atomic mass is 19.1. The van der Waals surface area contributed by atoms with Crippen LogP contribution in [0.3, 0.4) is 0 Å². The van der Waals surface area contributed by atoms with Crippen molar-refractivity contribution in [2.75, 3.05) is 61.2 Å². The lowest BCUT2D eigenvalue weighted by atomic mass is 10.1. The van der Waals surface area contributed by atoms with E-state index in [1.807, 2.05) is 194 Å². The van der Waals surface area contributed by atoms with Crippen LogP contribution in [0.2, 0.25) is 0 Å². The summed E-state index contributed by atoms with van der Waals surface area (Å²) in [5.74, 6) is -2.91. The van der Waals surface area contributed by atoms with Crippen LogP contribution in [0.5, 0.6) is 0 Å². The Balaban J connectivity index is 0.000000175. The molecule has 5 fully saturated rings. The maximum absolute atomic E-state index is 14.7. The standard InChI is InChI=1S/2C21H22FNO5.2C21H23NO6.C4H8O2/c1-26-19-17(22)12-23(21(25)28-14-16-10-6-3-7-11-16)18(19)20(24)27-13-15-8-4-2-5-9-15;1-26-17-12-23(21(25)28-14-16-10-6-3-7-11-16)19(18(17)22)20(24)27-13-15-8-4-2-5-9-15;1-26-17-12-22(21(25)28-14-16-10-6-3-7-11-16)18(19(17)23)20(24)27-13-15-8-4-2-5-9-15;1-26-19-17(23)12-22(21(25)28-14-16-10-6-3-7-11-16)18(19)20(24)27-13-15-8-4-2-5-9-15;5-4-2-1-3-6-4/h2*2-11,17-19H,12-14H2,1H3;2*2-11,17-19,23H,12-14H2,1H3;4-5H,1-3H2/t17-,18-,19+;2*17-,18+,19+;17-,18-,19+;/m0110./s1. The molecule has 5 aliphatic rings. The average Bonchev–Trinajstić information content (AvgIpc) is 1.68. The van der Waals surface area contributed by atoms with E-state index in [4.69, 9.17) is 66.7 Å². The largest absolute Gasteiger partial charge is 0.459 e. The van der Waals surface area contributed by atoms with Gasteiger partial charge in [0.2, 0.25) is 0 Å². The van der Waals surface area contributed by atoms with Gasteiger partial charge in [0, 0.05) is 41.5 Å². The van der Waals surface area contributed by atoms with Crippen molar-refractivity contribution in [2.24, 2.45) is 0 Å². The van der Waals surface area contributed by atoms with Crippen LogP contribution in [0.4, 0.5) is 28.0 Å². The first-order chi connectivity index (χ1) is 57.3. The fourth-order valence-corrected chi connectivity index (χ4v) is 13.0. The van der Waals surface area contributed by atoms with Gasteiger partial charge in [0.15, 0.2) is 36.6 Å². The molecule has 0 aromatic heterocycles. The van der Waals surface area contributed by atoms with E-state index < -0.39 is 128 Å². The molecule has 0 spiro atoms. The van der Waals surface area contributed by atoms with E-state index in [1.54, 1.807) is 48.5 Å². The van der Waals surface area contributed by atoms with E-state index in [-0.39, 0.29) is 79.0 Å². The predicted molar refractivity (Wildman–Crippen MR) is 420 cm³/mol. The summed E-state index contributed by atoms with van der Waals surface area (Å²) < 4.78 is 96.8. The van der Waals surface area contributed by atoms with Gasteiger partial charge in [-0.2, -0.15) is 0 Å². The number of aliphatic hydroxyl groups is 3. The molecule has 628 valence electrons. The van der Waals surface area contributed by atoms with Crippen LogP contribution < -0.4 is 0 Å². The molecule has 0 saturated carbocycles. The van der Waals surface area contributed by atoms with E-state index in [2.05, 4.69) is 0 Å². The lowest BCUT2D eigenvalue weighted by Crippen LogP contribution is -2.47. The van der Waals surface area contributed by atoms with Crippen LogP contribution in [0.1, 0.15) is 57.3 Å². The lowest BCUT2D eigenvalue weighted by molar-refractivity contribution is -0.154. The Hall–Kier alpha value is -11.7. The second kappa shape index (κ2) is 47.5. The fourth-order valence-electron chi connectivity index (χ4n) is 13.0. The molecule has 5 aliphatic heterocycles. The first-order valence-electron chi connectivity index (χ1n) is 38.1. The van der Waals surface area contributed by atoms with Gasteiger partial charge in [-0.3, -0.25) is 19.6 Å². The highest BCUT2D eigenvalue weighted by Gasteiger charge is 2.54.